The molecule has 0 nitrogen and oxygen atoms in total. The van der Waals surface area contributed by atoms with E-state index in [2.05, 4.69) is 66.1 Å². The summed E-state index contributed by atoms with van der Waals surface area (Å²) >= 11 is 1.80. The van der Waals surface area contributed by atoms with Gasteiger partial charge in [0.05, 0.1) is 0 Å². The van der Waals surface area contributed by atoms with E-state index in [0.717, 1.165) is 0 Å². The maximum atomic E-state index is 2.19. The van der Waals surface area contributed by atoms with Crippen molar-refractivity contribution in [2.45, 2.75) is 0 Å². The molecule has 3 rings (SSSR count). The molecule has 0 spiro atoms. The van der Waals surface area contributed by atoms with E-state index in [4.69, 9.17) is 0 Å². The predicted molar refractivity (Wildman–Crippen MR) is 77.2 cm³/mol. The van der Waals surface area contributed by atoms with Gasteiger partial charge >= 0.3 is 0 Å². The number of benzene rings is 2. The standard InChI is InChI=1S/C16H12S/c1-2-5-13(6-3-1)9-10-14-7-4-8-15-11-12-17-16(14)15/h1-12H. The third-order valence-corrected chi connectivity index (χ3v) is 3.74. The van der Waals surface area contributed by atoms with Gasteiger partial charge in [0.1, 0.15) is 0 Å². The second kappa shape index (κ2) is 4.56. The smallest absolute Gasteiger partial charge is 0.0415 e. The molecule has 82 valence electrons. The average Bonchev–Trinajstić information content (AvgIpc) is 2.86. The van der Waals surface area contributed by atoms with Gasteiger partial charge in [-0.15, -0.1) is 11.3 Å². The Morgan fingerprint density at radius 1 is 0.765 bits per heavy atom. The van der Waals surface area contributed by atoms with Crippen molar-refractivity contribution >= 4 is 33.6 Å². The minimum atomic E-state index is 1.24. The van der Waals surface area contributed by atoms with E-state index < -0.39 is 0 Å². The van der Waals surface area contributed by atoms with Crippen molar-refractivity contribution in [1.82, 2.24) is 0 Å². The lowest BCUT2D eigenvalue weighted by Gasteiger charge is -1.96. The summed E-state index contributed by atoms with van der Waals surface area (Å²) in [5.41, 5.74) is 2.53. The van der Waals surface area contributed by atoms with E-state index in [1.807, 2.05) is 6.07 Å². The van der Waals surface area contributed by atoms with Gasteiger partial charge in [0, 0.05) is 4.70 Å². The summed E-state index contributed by atoms with van der Waals surface area (Å²) < 4.78 is 1.36. The molecule has 0 aliphatic heterocycles. The fraction of sp³-hybridized carbons (Fsp3) is 0. The van der Waals surface area contributed by atoms with Crippen LogP contribution in [0, 0.1) is 0 Å². The highest BCUT2D eigenvalue weighted by Gasteiger charge is 1.98. The van der Waals surface area contributed by atoms with Crippen LogP contribution in [0.3, 0.4) is 0 Å². The van der Waals surface area contributed by atoms with Crippen molar-refractivity contribution in [3.63, 3.8) is 0 Å². The summed E-state index contributed by atoms with van der Waals surface area (Å²) in [6.07, 6.45) is 4.35. The summed E-state index contributed by atoms with van der Waals surface area (Å²) in [5.74, 6) is 0. The van der Waals surface area contributed by atoms with Crippen molar-refractivity contribution in [3.05, 3.63) is 71.1 Å². The van der Waals surface area contributed by atoms with Crippen LogP contribution in [0.4, 0.5) is 0 Å². The molecule has 0 unspecified atom stereocenters. The second-order valence-electron chi connectivity index (χ2n) is 3.93. The lowest BCUT2D eigenvalue weighted by Crippen LogP contribution is -1.72. The van der Waals surface area contributed by atoms with Gasteiger partial charge in [-0.25, -0.2) is 0 Å². The summed E-state index contributed by atoms with van der Waals surface area (Å²) in [7, 11) is 0. The maximum Gasteiger partial charge on any atom is 0.0415 e. The van der Waals surface area contributed by atoms with Crippen LogP contribution in [0.15, 0.2) is 60.0 Å². The molecule has 0 saturated carbocycles. The lowest BCUT2D eigenvalue weighted by molar-refractivity contribution is 1.66. The van der Waals surface area contributed by atoms with Gasteiger partial charge in [-0.3, -0.25) is 0 Å². The van der Waals surface area contributed by atoms with Crippen LogP contribution in [0.1, 0.15) is 11.1 Å². The van der Waals surface area contributed by atoms with Crippen LogP contribution < -0.4 is 0 Å². The van der Waals surface area contributed by atoms with Crippen LogP contribution in [0.2, 0.25) is 0 Å². The van der Waals surface area contributed by atoms with E-state index in [-0.39, 0.29) is 0 Å². The minimum absolute atomic E-state index is 1.24. The number of thiophene rings is 1. The number of fused-ring (bicyclic) bond motifs is 1. The maximum absolute atomic E-state index is 2.19. The zero-order valence-corrected chi connectivity index (χ0v) is 10.2. The summed E-state index contributed by atoms with van der Waals surface area (Å²) in [5, 5.41) is 3.47. The first kappa shape index (κ1) is 10.3. The molecule has 1 heterocycles. The lowest BCUT2D eigenvalue weighted by atomic mass is 10.1. The van der Waals surface area contributed by atoms with Crippen molar-refractivity contribution in [3.8, 4) is 0 Å². The largest absolute Gasteiger partial charge is 0.143 e. The third-order valence-electron chi connectivity index (χ3n) is 2.76. The monoisotopic (exact) mass is 236 g/mol. The van der Waals surface area contributed by atoms with Gasteiger partial charge in [0.25, 0.3) is 0 Å². The molecular weight excluding hydrogens is 224 g/mol. The van der Waals surface area contributed by atoms with Gasteiger partial charge in [-0.05, 0) is 28.0 Å². The first-order chi connectivity index (χ1) is 8.43. The molecule has 2 aromatic carbocycles. The topological polar surface area (TPSA) is 0 Å². The van der Waals surface area contributed by atoms with E-state index in [9.17, 15) is 0 Å². The molecule has 17 heavy (non-hydrogen) atoms. The van der Waals surface area contributed by atoms with Gasteiger partial charge in [0.2, 0.25) is 0 Å². The highest BCUT2D eigenvalue weighted by Crippen LogP contribution is 2.26. The van der Waals surface area contributed by atoms with Gasteiger partial charge in [-0.1, -0.05) is 60.7 Å². The molecule has 0 aliphatic rings. The Labute approximate surface area is 105 Å². The van der Waals surface area contributed by atoms with E-state index in [1.165, 1.54) is 21.2 Å². The van der Waals surface area contributed by atoms with Crippen molar-refractivity contribution in [1.29, 1.82) is 0 Å². The normalized spacial score (nSPS) is 11.3. The molecule has 0 fully saturated rings. The molecular formula is C16H12S. The molecule has 1 heteroatoms. The van der Waals surface area contributed by atoms with Crippen LogP contribution >= 0.6 is 11.3 Å². The summed E-state index contributed by atoms with van der Waals surface area (Å²) in [6.45, 7) is 0. The molecule has 0 atom stereocenters. The van der Waals surface area contributed by atoms with Crippen LogP contribution in [-0.2, 0) is 0 Å². The molecule has 0 bridgehead atoms. The van der Waals surface area contributed by atoms with E-state index in [1.54, 1.807) is 11.3 Å². The Balaban J connectivity index is 2.00. The molecule has 0 saturated heterocycles. The number of hydrogen-bond acceptors (Lipinski definition) is 1. The Kier molecular flexibility index (Phi) is 2.76. The Morgan fingerprint density at radius 3 is 2.53 bits per heavy atom. The zero-order chi connectivity index (χ0) is 11.5. The number of hydrogen-bond donors (Lipinski definition) is 0. The molecule has 3 aromatic rings. The van der Waals surface area contributed by atoms with Gasteiger partial charge in [0.15, 0.2) is 0 Å². The highest BCUT2D eigenvalue weighted by atomic mass is 32.1. The van der Waals surface area contributed by atoms with Crippen LogP contribution in [0.25, 0.3) is 22.2 Å². The Hall–Kier alpha value is -1.86. The Morgan fingerprint density at radius 2 is 1.65 bits per heavy atom. The molecule has 0 amide bonds. The SMILES string of the molecule is C(=Cc1cccc2ccsc12)c1ccccc1. The molecule has 0 N–H and O–H groups in total. The van der Waals surface area contributed by atoms with E-state index in [0.29, 0.717) is 0 Å². The van der Waals surface area contributed by atoms with Crippen molar-refractivity contribution < 1.29 is 0 Å². The summed E-state index contributed by atoms with van der Waals surface area (Å²) in [4.78, 5) is 0. The minimum Gasteiger partial charge on any atom is -0.143 e. The Bertz CT molecular complexity index is 647. The average molecular weight is 236 g/mol. The summed E-state index contributed by atoms with van der Waals surface area (Å²) in [6, 6.07) is 19.0. The van der Waals surface area contributed by atoms with Gasteiger partial charge in [-0.2, -0.15) is 0 Å². The van der Waals surface area contributed by atoms with Crippen LogP contribution in [-0.4, -0.2) is 0 Å². The van der Waals surface area contributed by atoms with Crippen LogP contribution in [0.5, 0.6) is 0 Å². The quantitative estimate of drug-likeness (QED) is 0.545. The van der Waals surface area contributed by atoms with Crippen molar-refractivity contribution in [2.75, 3.05) is 0 Å². The molecule has 0 aliphatic carbocycles. The fourth-order valence-electron chi connectivity index (χ4n) is 1.90. The van der Waals surface area contributed by atoms with Gasteiger partial charge < -0.3 is 0 Å². The molecule has 1 aromatic heterocycles. The first-order valence-electron chi connectivity index (χ1n) is 5.63. The highest BCUT2D eigenvalue weighted by molar-refractivity contribution is 7.17. The molecule has 0 radical (unpaired) electrons. The third kappa shape index (κ3) is 2.15. The second-order valence-corrected chi connectivity index (χ2v) is 4.85. The van der Waals surface area contributed by atoms with E-state index >= 15 is 0 Å². The zero-order valence-electron chi connectivity index (χ0n) is 9.34. The predicted octanol–water partition coefficient (Wildman–Crippen LogP) is 5.07. The van der Waals surface area contributed by atoms with Crippen molar-refractivity contribution in [2.24, 2.45) is 0 Å². The fourth-order valence-corrected chi connectivity index (χ4v) is 2.79. The number of rotatable bonds is 2. The first-order valence-corrected chi connectivity index (χ1v) is 6.51.